The predicted octanol–water partition coefficient (Wildman–Crippen LogP) is 12.5. The van der Waals surface area contributed by atoms with E-state index in [1.165, 1.54) is 27.6 Å². The average Bonchev–Trinajstić information content (AvgIpc) is 3.58. The van der Waals surface area contributed by atoms with Gasteiger partial charge in [-0.1, -0.05) is 100 Å². The van der Waals surface area contributed by atoms with Crippen molar-refractivity contribution in [3.05, 3.63) is 174 Å². The summed E-state index contributed by atoms with van der Waals surface area (Å²) in [7, 11) is 0. The summed E-state index contributed by atoms with van der Waals surface area (Å²) in [6, 6.07) is 49.5. The van der Waals surface area contributed by atoms with E-state index in [0.717, 1.165) is 63.5 Å². The van der Waals surface area contributed by atoms with Crippen molar-refractivity contribution in [3.63, 3.8) is 0 Å². The molecule has 0 saturated carbocycles. The van der Waals surface area contributed by atoms with Crippen LogP contribution in [0, 0.1) is 37.5 Å². The third-order valence-electron chi connectivity index (χ3n) is 9.37. The van der Waals surface area contributed by atoms with Crippen molar-refractivity contribution in [1.29, 1.82) is 0 Å². The van der Waals surface area contributed by atoms with E-state index in [9.17, 15) is 0 Å². The largest absolute Gasteiger partial charge is 0.332 e. The third-order valence-corrected chi connectivity index (χ3v) is 9.37. The Hall–Kier alpha value is -5.73. The van der Waals surface area contributed by atoms with Gasteiger partial charge < -0.3 is 4.57 Å². The Kier molecular flexibility index (Phi) is 12.5. The van der Waals surface area contributed by atoms with E-state index in [1.54, 1.807) is 0 Å². The van der Waals surface area contributed by atoms with Crippen LogP contribution in [0.1, 0.15) is 44.5 Å². The molecule has 0 aliphatic carbocycles. The first kappa shape index (κ1) is 39.0. The molecule has 1 radical (unpaired) electrons. The molecule has 0 bridgehead atoms. The van der Waals surface area contributed by atoms with Crippen molar-refractivity contribution in [1.82, 2.24) is 19.5 Å². The molecule has 2 aromatic heterocycles. The van der Waals surface area contributed by atoms with Gasteiger partial charge in [-0.3, -0.25) is 15.0 Å². The quantitative estimate of drug-likeness (QED) is 0.143. The number of rotatable bonds is 8. The molecule has 0 spiro atoms. The Morgan fingerprint density at radius 3 is 1.93 bits per heavy atom. The monoisotopic (exact) mass is 894 g/mol. The number of benzene rings is 6. The van der Waals surface area contributed by atoms with Gasteiger partial charge in [0.2, 0.25) is 0 Å². The van der Waals surface area contributed by atoms with Crippen molar-refractivity contribution in [2.24, 2.45) is 11.8 Å². The van der Waals surface area contributed by atoms with E-state index in [1.807, 2.05) is 73.8 Å². The van der Waals surface area contributed by atoms with E-state index in [-0.39, 0.29) is 20.1 Å². The van der Waals surface area contributed by atoms with E-state index in [4.69, 9.17) is 11.6 Å². The van der Waals surface area contributed by atoms with E-state index < -0.39 is 0 Å². The molecule has 275 valence electrons. The Morgan fingerprint density at radius 1 is 0.709 bits per heavy atom. The number of hydrogen-bond acceptors (Lipinski definition) is 3. The number of aromatic nitrogens is 4. The molecule has 0 aliphatic rings. The molecule has 5 nitrogen and oxygen atoms in total. The maximum Gasteiger partial charge on any atom is 0.187 e. The fourth-order valence-electron chi connectivity index (χ4n) is 7.08. The van der Waals surface area contributed by atoms with Crippen LogP contribution >= 0.6 is 0 Å². The number of hydrogen-bond donors (Lipinski definition) is 0. The Balaban J connectivity index is 0.000000217. The minimum absolute atomic E-state index is 0. The first-order valence-corrected chi connectivity index (χ1v) is 18.6. The van der Waals surface area contributed by atoms with Gasteiger partial charge in [0, 0.05) is 48.6 Å². The normalized spacial score (nSPS) is 10.9. The smallest absolute Gasteiger partial charge is 0.187 e. The SMILES string of the molecule is Cc1nc(-c2[c-]cccc2)ncc1-c1ccccc1.[C-]#[N+]c1cc(CC(C)C)c(-n2c(-c3[c-]cccc3)nc3ccc4ccccc4c32)c(CC(C)C)c1.[Ir]. The molecule has 0 atom stereocenters. The first-order chi connectivity index (χ1) is 26.3. The van der Waals surface area contributed by atoms with Crippen molar-refractivity contribution >= 4 is 27.5 Å². The van der Waals surface area contributed by atoms with Crippen LogP contribution in [0.5, 0.6) is 0 Å². The number of imidazole rings is 1. The summed E-state index contributed by atoms with van der Waals surface area (Å²) in [4.78, 5) is 18.0. The summed E-state index contributed by atoms with van der Waals surface area (Å²) in [6.07, 6.45) is 3.67. The molecule has 0 aliphatic heterocycles. The molecular weight excluding hydrogens is 851 g/mol. The van der Waals surface area contributed by atoms with Crippen LogP contribution in [0.4, 0.5) is 5.69 Å². The fraction of sp³-hybridized carbons (Fsp3) is 0.184. The molecule has 6 heteroatoms. The summed E-state index contributed by atoms with van der Waals surface area (Å²) in [5.41, 5.74) is 11.4. The molecule has 6 aromatic carbocycles. The summed E-state index contributed by atoms with van der Waals surface area (Å²) in [6.45, 7) is 18.7. The zero-order chi connectivity index (χ0) is 37.6. The molecule has 55 heavy (non-hydrogen) atoms. The van der Waals surface area contributed by atoms with E-state index in [2.05, 4.69) is 126 Å². The van der Waals surface area contributed by atoms with E-state index >= 15 is 0 Å². The predicted molar refractivity (Wildman–Crippen MR) is 223 cm³/mol. The van der Waals surface area contributed by atoms with Crippen LogP contribution in [0.3, 0.4) is 0 Å². The molecule has 8 rings (SSSR count). The zero-order valence-corrected chi connectivity index (χ0v) is 34.2. The molecule has 2 heterocycles. The van der Waals surface area contributed by atoms with Gasteiger partial charge in [0.25, 0.3) is 0 Å². The summed E-state index contributed by atoms with van der Waals surface area (Å²) in [5.74, 6) is 2.53. The maximum absolute atomic E-state index is 7.76. The molecular formula is C49H43IrN5-2. The molecule has 0 fully saturated rings. The molecule has 0 N–H and O–H groups in total. The minimum Gasteiger partial charge on any atom is -0.332 e. The Labute approximate surface area is 338 Å². The number of aryl methyl sites for hydroxylation is 1. The molecule has 0 saturated heterocycles. The van der Waals surface area contributed by atoms with Crippen LogP contribution in [-0.2, 0) is 32.9 Å². The van der Waals surface area contributed by atoms with Crippen LogP contribution in [0.2, 0.25) is 0 Å². The summed E-state index contributed by atoms with van der Waals surface area (Å²) >= 11 is 0. The Bertz CT molecular complexity index is 2540. The maximum atomic E-state index is 7.76. The van der Waals surface area contributed by atoms with Crippen LogP contribution in [-0.4, -0.2) is 19.5 Å². The van der Waals surface area contributed by atoms with Crippen molar-refractivity contribution in [3.8, 4) is 39.6 Å². The fourth-order valence-corrected chi connectivity index (χ4v) is 7.08. The average molecular weight is 894 g/mol. The van der Waals surface area contributed by atoms with Crippen LogP contribution < -0.4 is 0 Å². The first-order valence-electron chi connectivity index (χ1n) is 18.6. The Morgan fingerprint density at radius 2 is 1.33 bits per heavy atom. The molecule has 0 unspecified atom stereocenters. The zero-order valence-electron chi connectivity index (χ0n) is 31.8. The van der Waals surface area contributed by atoms with Gasteiger partial charge in [0.1, 0.15) is 0 Å². The number of fused-ring (bicyclic) bond motifs is 3. The van der Waals surface area contributed by atoms with Gasteiger partial charge in [-0.15, -0.1) is 71.8 Å². The third kappa shape index (κ3) is 8.65. The summed E-state index contributed by atoms with van der Waals surface area (Å²) < 4.78 is 2.35. The number of nitrogens with zero attached hydrogens (tertiary/aromatic N) is 5. The van der Waals surface area contributed by atoms with Gasteiger partial charge in [-0.25, -0.2) is 4.85 Å². The van der Waals surface area contributed by atoms with Gasteiger partial charge in [0.15, 0.2) is 5.69 Å². The second kappa shape index (κ2) is 17.6. The van der Waals surface area contributed by atoms with E-state index in [0.29, 0.717) is 17.5 Å². The second-order valence-corrected chi connectivity index (χ2v) is 14.5. The van der Waals surface area contributed by atoms with Crippen LogP contribution in [0.15, 0.2) is 134 Å². The topological polar surface area (TPSA) is 48.0 Å². The molecule has 0 amide bonds. The van der Waals surface area contributed by atoms with Crippen molar-refractivity contribution < 1.29 is 20.1 Å². The minimum atomic E-state index is 0. The van der Waals surface area contributed by atoms with Gasteiger partial charge in [-0.05, 0) is 59.7 Å². The van der Waals surface area contributed by atoms with Crippen molar-refractivity contribution in [2.75, 3.05) is 0 Å². The van der Waals surface area contributed by atoms with Gasteiger partial charge in [-0.2, -0.15) is 0 Å². The second-order valence-electron chi connectivity index (χ2n) is 14.5. The van der Waals surface area contributed by atoms with Crippen LogP contribution in [0.25, 0.3) is 66.2 Å². The summed E-state index contributed by atoms with van der Waals surface area (Å²) in [5, 5.41) is 2.37. The van der Waals surface area contributed by atoms with Gasteiger partial charge in [0.05, 0.1) is 29.3 Å². The standard InChI is InChI=1S/C32H30N3.C17H13N2.Ir/c1-21(2)17-25-19-27(33-5)20-26(18-22(3)4)30(25)35-31-28-14-10-9-11-23(28)15-16-29(31)34-32(35)24-12-7-6-8-13-24;1-13-16(14-8-4-2-5-9-14)12-18-17(19-13)15-10-6-3-7-11-15;/h6-12,14-16,19-22H,17-18H2,1-4H3;2-10,12H,1H3;/q2*-1;. The van der Waals surface area contributed by atoms with Crippen molar-refractivity contribution in [2.45, 2.75) is 47.5 Å². The molecule has 8 aromatic rings. The van der Waals surface area contributed by atoms with Gasteiger partial charge >= 0.3 is 0 Å².